The third kappa shape index (κ3) is 4.26. The van der Waals surface area contributed by atoms with Gasteiger partial charge in [0.2, 0.25) is 0 Å². The summed E-state index contributed by atoms with van der Waals surface area (Å²) in [4.78, 5) is 3.96. The highest BCUT2D eigenvalue weighted by molar-refractivity contribution is 7.11. The van der Waals surface area contributed by atoms with Crippen LogP contribution in [0.5, 0.6) is 0 Å². The van der Waals surface area contributed by atoms with Gasteiger partial charge in [0, 0.05) is 11.4 Å². The van der Waals surface area contributed by atoms with Gasteiger partial charge in [-0.2, -0.15) is 0 Å². The summed E-state index contributed by atoms with van der Waals surface area (Å²) < 4.78 is 0. The normalized spacial score (nSPS) is 22.4. The van der Waals surface area contributed by atoms with E-state index in [0.717, 1.165) is 12.5 Å². The van der Waals surface area contributed by atoms with E-state index in [1.54, 1.807) is 5.57 Å². The van der Waals surface area contributed by atoms with Crippen LogP contribution in [0, 0.1) is 5.92 Å². The third-order valence-electron chi connectivity index (χ3n) is 4.96. The van der Waals surface area contributed by atoms with Crippen molar-refractivity contribution in [3.05, 3.63) is 88.8 Å². The van der Waals surface area contributed by atoms with Crippen LogP contribution in [0.1, 0.15) is 35.7 Å². The topological polar surface area (TPSA) is 3.24 Å². The second-order valence-corrected chi connectivity index (χ2v) is 7.58. The fourth-order valence-electron chi connectivity index (χ4n) is 3.77. The zero-order valence-corrected chi connectivity index (χ0v) is 15.9. The molecule has 1 nitrogen and oxygen atoms in total. The van der Waals surface area contributed by atoms with Gasteiger partial charge in [-0.15, -0.1) is 23.7 Å². The number of allylic oxidation sites excluding steroid dienone is 4. The molecule has 1 aromatic heterocycles. The number of rotatable bonds is 4. The average Bonchev–Trinajstić information content (AvgIpc) is 3.18. The monoisotopic (exact) mass is 369 g/mol. The molecule has 0 amide bonds. The number of halogens is 1. The SMILES string of the molecule is C1=CC(c2ccccc2)N(CC2CCC=C(c3cccs3)C2)C=C1.Cl. The zero-order valence-electron chi connectivity index (χ0n) is 14.3. The third-order valence-corrected chi connectivity index (χ3v) is 5.91. The largest absolute Gasteiger partial charge is 0.367 e. The Kier molecular flexibility index (Phi) is 6.17. The molecular weight excluding hydrogens is 346 g/mol. The fourth-order valence-corrected chi connectivity index (χ4v) is 4.55. The molecule has 1 aliphatic carbocycles. The molecule has 0 fully saturated rings. The summed E-state index contributed by atoms with van der Waals surface area (Å²) >= 11 is 1.87. The predicted octanol–water partition coefficient (Wildman–Crippen LogP) is 6.48. The Bertz CT molecular complexity index is 746. The molecule has 2 unspecified atom stereocenters. The average molecular weight is 370 g/mol. The summed E-state index contributed by atoms with van der Waals surface area (Å²) in [6.07, 6.45) is 15.1. The summed E-state index contributed by atoms with van der Waals surface area (Å²) in [5.41, 5.74) is 2.93. The van der Waals surface area contributed by atoms with Crippen molar-refractivity contribution in [2.45, 2.75) is 25.3 Å². The molecule has 2 atom stereocenters. The first-order valence-electron chi connectivity index (χ1n) is 8.79. The van der Waals surface area contributed by atoms with Crippen LogP contribution in [-0.2, 0) is 0 Å². The summed E-state index contributed by atoms with van der Waals surface area (Å²) in [5, 5.41) is 2.18. The molecule has 0 spiro atoms. The highest BCUT2D eigenvalue weighted by Crippen LogP contribution is 2.35. The van der Waals surface area contributed by atoms with Gasteiger partial charge in [0.05, 0.1) is 6.04 Å². The van der Waals surface area contributed by atoms with E-state index in [4.69, 9.17) is 0 Å². The Morgan fingerprint density at radius 1 is 1.04 bits per heavy atom. The lowest BCUT2D eigenvalue weighted by Gasteiger charge is -2.35. The molecule has 2 aliphatic rings. The van der Waals surface area contributed by atoms with E-state index < -0.39 is 0 Å². The van der Waals surface area contributed by atoms with Crippen molar-refractivity contribution in [2.24, 2.45) is 5.92 Å². The van der Waals surface area contributed by atoms with Crippen molar-refractivity contribution in [2.75, 3.05) is 6.54 Å². The van der Waals surface area contributed by atoms with Crippen molar-refractivity contribution in [1.82, 2.24) is 4.90 Å². The van der Waals surface area contributed by atoms with Gasteiger partial charge in [0.1, 0.15) is 0 Å². The van der Waals surface area contributed by atoms with Crippen molar-refractivity contribution < 1.29 is 0 Å². The lowest BCUT2D eigenvalue weighted by atomic mass is 9.87. The van der Waals surface area contributed by atoms with Gasteiger partial charge in [-0.05, 0) is 60.0 Å². The van der Waals surface area contributed by atoms with Crippen LogP contribution in [-0.4, -0.2) is 11.4 Å². The molecule has 4 rings (SSSR count). The minimum absolute atomic E-state index is 0. The minimum atomic E-state index is 0. The Morgan fingerprint density at radius 3 is 2.72 bits per heavy atom. The first-order valence-corrected chi connectivity index (χ1v) is 9.67. The smallest absolute Gasteiger partial charge is 0.0724 e. The highest BCUT2D eigenvalue weighted by atomic mass is 35.5. The van der Waals surface area contributed by atoms with Gasteiger partial charge in [-0.25, -0.2) is 0 Å². The van der Waals surface area contributed by atoms with Gasteiger partial charge >= 0.3 is 0 Å². The van der Waals surface area contributed by atoms with Crippen LogP contribution >= 0.6 is 23.7 Å². The predicted molar refractivity (Wildman–Crippen MR) is 111 cm³/mol. The molecular formula is C22H24ClNS. The molecule has 0 saturated carbocycles. The maximum Gasteiger partial charge on any atom is 0.0724 e. The van der Waals surface area contributed by atoms with Crippen molar-refractivity contribution in [3.8, 4) is 0 Å². The standard InChI is InChI=1S/C22H23NS.ClH/c1-2-9-19(10-3-1)21-12-4-5-14-23(21)17-18-8-6-11-20(16-18)22-13-7-15-24-22;/h1-5,7,9-15,18,21H,6,8,16-17H2;1H. The molecule has 0 bridgehead atoms. The molecule has 0 radical (unpaired) electrons. The lowest BCUT2D eigenvalue weighted by Crippen LogP contribution is -2.30. The number of hydrogen-bond acceptors (Lipinski definition) is 2. The first kappa shape index (κ1) is 18.0. The van der Waals surface area contributed by atoms with E-state index >= 15 is 0 Å². The molecule has 3 heteroatoms. The van der Waals surface area contributed by atoms with Crippen LogP contribution in [0.3, 0.4) is 0 Å². The van der Waals surface area contributed by atoms with Crippen LogP contribution in [0.15, 0.2) is 78.3 Å². The molecule has 2 heterocycles. The molecule has 25 heavy (non-hydrogen) atoms. The van der Waals surface area contributed by atoms with E-state index in [2.05, 4.69) is 83.2 Å². The van der Waals surface area contributed by atoms with Crippen molar-refractivity contribution in [3.63, 3.8) is 0 Å². The summed E-state index contributed by atoms with van der Waals surface area (Å²) in [5.74, 6) is 0.731. The van der Waals surface area contributed by atoms with Gasteiger partial charge in [0.25, 0.3) is 0 Å². The van der Waals surface area contributed by atoms with E-state index in [0.29, 0.717) is 6.04 Å². The molecule has 1 aromatic carbocycles. The second kappa shape index (κ2) is 8.55. The Morgan fingerprint density at radius 2 is 1.92 bits per heavy atom. The van der Waals surface area contributed by atoms with Crippen molar-refractivity contribution in [1.29, 1.82) is 0 Å². The van der Waals surface area contributed by atoms with Crippen LogP contribution < -0.4 is 0 Å². The zero-order chi connectivity index (χ0) is 16.2. The summed E-state index contributed by atoms with van der Waals surface area (Å²) in [6.45, 7) is 1.13. The fraction of sp³-hybridized carbons (Fsp3) is 0.273. The van der Waals surface area contributed by atoms with Gasteiger partial charge in [-0.3, -0.25) is 0 Å². The van der Waals surface area contributed by atoms with Gasteiger partial charge < -0.3 is 4.90 Å². The van der Waals surface area contributed by atoms with Gasteiger partial charge in [-0.1, -0.05) is 54.6 Å². The van der Waals surface area contributed by atoms with Crippen LogP contribution in [0.2, 0.25) is 0 Å². The second-order valence-electron chi connectivity index (χ2n) is 6.63. The maximum atomic E-state index is 2.51. The van der Waals surface area contributed by atoms with Crippen molar-refractivity contribution >= 4 is 29.3 Å². The Labute approximate surface area is 160 Å². The minimum Gasteiger partial charge on any atom is -0.367 e. The number of benzene rings is 1. The number of hydrogen-bond donors (Lipinski definition) is 0. The Hall–Kier alpha value is -1.77. The van der Waals surface area contributed by atoms with Gasteiger partial charge in [0.15, 0.2) is 0 Å². The number of thiophene rings is 1. The first-order chi connectivity index (χ1) is 11.9. The summed E-state index contributed by atoms with van der Waals surface area (Å²) in [7, 11) is 0. The van der Waals surface area contributed by atoms with E-state index in [1.807, 2.05) is 11.3 Å². The molecule has 0 saturated heterocycles. The van der Waals surface area contributed by atoms with E-state index in [-0.39, 0.29) is 12.4 Å². The van der Waals surface area contributed by atoms with Crippen LogP contribution in [0.4, 0.5) is 0 Å². The summed E-state index contributed by atoms with van der Waals surface area (Å²) in [6, 6.07) is 15.6. The molecule has 2 aromatic rings. The number of nitrogens with zero attached hydrogens (tertiary/aromatic N) is 1. The highest BCUT2D eigenvalue weighted by Gasteiger charge is 2.23. The molecule has 130 valence electrons. The quantitative estimate of drug-likeness (QED) is 0.596. The lowest BCUT2D eigenvalue weighted by molar-refractivity contribution is 0.259. The molecule has 0 N–H and O–H groups in total. The maximum absolute atomic E-state index is 2.51. The van der Waals surface area contributed by atoms with Crippen LogP contribution in [0.25, 0.3) is 5.57 Å². The Balaban J connectivity index is 0.00000182. The van der Waals surface area contributed by atoms with E-state index in [9.17, 15) is 0 Å². The molecule has 1 aliphatic heterocycles. The van der Waals surface area contributed by atoms with E-state index in [1.165, 1.54) is 29.7 Å².